The van der Waals surface area contributed by atoms with Crippen molar-refractivity contribution in [3.8, 4) is 23.2 Å². The van der Waals surface area contributed by atoms with Crippen LogP contribution in [0.3, 0.4) is 0 Å². The Morgan fingerprint density at radius 2 is 1.73 bits per heavy atom. The number of rotatable bonds is 8. The summed E-state index contributed by atoms with van der Waals surface area (Å²) in [5.74, 6) is 0.0652. The summed E-state index contributed by atoms with van der Waals surface area (Å²) >= 11 is 0.964. The Kier molecular flexibility index (Phi) is 9.85. The lowest BCUT2D eigenvalue weighted by molar-refractivity contribution is 0.0122. The lowest BCUT2D eigenvalue weighted by atomic mass is 9.95. The molecule has 16 heteroatoms. The molecule has 3 aromatic heterocycles. The third kappa shape index (κ3) is 7.66. The highest BCUT2D eigenvalue weighted by Crippen LogP contribution is 2.49. The third-order valence-electron chi connectivity index (χ3n) is 11.8. The van der Waals surface area contributed by atoms with Gasteiger partial charge in [0.05, 0.1) is 46.1 Å². The molecule has 13 nitrogen and oxygen atoms in total. The molecule has 1 saturated carbocycles. The molecular formula is C44H49F2N7O6S. The monoisotopic (exact) mass is 841 g/mol. The summed E-state index contributed by atoms with van der Waals surface area (Å²) in [6.45, 7) is 14.1. The van der Waals surface area contributed by atoms with Gasteiger partial charge in [0, 0.05) is 48.9 Å². The Labute approximate surface area is 350 Å². The molecule has 3 atom stereocenters. The fraction of sp³-hybridized carbons (Fsp3) is 0.523. The van der Waals surface area contributed by atoms with Crippen LogP contribution in [0.2, 0.25) is 0 Å². The quantitative estimate of drug-likeness (QED) is 0.159. The Balaban J connectivity index is 1.14. The van der Waals surface area contributed by atoms with Gasteiger partial charge in [0.1, 0.15) is 45.7 Å². The molecule has 0 spiro atoms. The minimum atomic E-state index is -0.805. The largest absolute Gasteiger partial charge is 0.463 e. The van der Waals surface area contributed by atoms with Gasteiger partial charge in [-0.3, -0.25) is 15.1 Å². The number of furan rings is 1. The number of hydrogen-bond donors (Lipinski definition) is 1. The number of nitrogens with one attached hydrogen (secondary N) is 1. The van der Waals surface area contributed by atoms with Gasteiger partial charge in [-0.25, -0.2) is 18.4 Å². The van der Waals surface area contributed by atoms with Crippen LogP contribution in [-0.4, -0.2) is 101 Å². The second-order valence-electron chi connectivity index (χ2n) is 18.7. The first-order valence-corrected chi connectivity index (χ1v) is 21.4. The van der Waals surface area contributed by atoms with E-state index in [1.165, 1.54) is 6.07 Å². The van der Waals surface area contributed by atoms with Crippen molar-refractivity contribution in [2.45, 2.75) is 103 Å². The van der Waals surface area contributed by atoms with Crippen LogP contribution < -0.4 is 15.0 Å². The molecule has 2 aromatic carbocycles. The molecule has 4 aliphatic rings. The molecule has 3 saturated heterocycles. The van der Waals surface area contributed by atoms with E-state index in [1.807, 2.05) is 37.8 Å². The third-order valence-corrected chi connectivity index (χ3v) is 12.9. The van der Waals surface area contributed by atoms with Crippen LogP contribution in [0.25, 0.3) is 43.1 Å². The van der Waals surface area contributed by atoms with Crippen molar-refractivity contribution in [3.63, 3.8) is 0 Å². The maximum absolute atomic E-state index is 15.6. The van der Waals surface area contributed by atoms with E-state index in [2.05, 4.69) is 21.2 Å². The number of thiophene rings is 1. The van der Waals surface area contributed by atoms with Crippen LogP contribution in [0.1, 0.15) is 79.2 Å². The van der Waals surface area contributed by atoms with E-state index < -0.39 is 29.3 Å². The van der Waals surface area contributed by atoms with Gasteiger partial charge in [-0.15, -0.1) is 11.3 Å². The van der Waals surface area contributed by atoms with Gasteiger partial charge in [-0.1, -0.05) is 6.07 Å². The number of nitrogens with zero attached hydrogens (tertiary/aromatic N) is 6. The van der Waals surface area contributed by atoms with Gasteiger partial charge in [-0.05, 0) is 103 Å². The average Bonchev–Trinajstić information content (AvgIpc) is 3.49. The Hall–Kier alpha value is -5.27. The number of likely N-dealkylation sites (tertiary alicyclic amines) is 1. The number of benzene rings is 2. The molecule has 0 radical (unpaired) electrons. The number of hydrogen-bond acceptors (Lipinski definition) is 12. The lowest BCUT2D eigenvalue weighted by Gasteiger charge is -2.42. The van der Waals surface area contributed by atoms with E-state index in [9.17, 15) is 19.2 Å². The molecule has 3 aliphatic heterocycles. The Morgan fingerprint density at radius 3 is 2.38 bits per heavy atom. The van der Waals surface area contributed by atoms with Crippen molar-refractivity contribution in [2.75, 3.05) is 49.5 Å². The molecule has 1 aliphatic carbocycles. The first-order valence-electron chi connectivity index (χ1n) is 20.6. The summed E-state index contributed by atoms with van der Waals surface area (Å²) < 4.78 is 54.0. The molecule has 2 bridgehead atoms. The zero-order valence-corrected chi connectivity index (χ0v) is 35.5. The number of amides is 2. The fourth-order valence-corrected chi connectivity index (χ4v) is 10.1. The number of aromatic nitrogens is 2. The predicted molar refractivity (Wildman–Crippen MR) is 225 cm³/mol. The van der Waals surface area contributed by atoms with Gasteiger partial charge < -0.3 is 23.5 Å². The van der Waals surface area contributed by atoms with Crippen molar-refractivity contribution < 1.29 is 37.0 Å². The minimum Gasteiger partial charge on any atom is -0.463 e. The van der Waals surface area contributed by atoms with Crippen LogP contribution >= 0.6 is 11.3 Å². The normalized spacial score (nSPS) is 21.5. The van der Waals surface area contributed by atoms with E-state index in [-0.39, 0.29) is 44.9 Å². The van der Waals surface area contributed by atoms with E-state index in [0.717, 1.165) is 50.1 Å². The number of nitriles is 1. The minimum absolute atomic E-state index is 0.102. The highest BCUT2D eigenvalue weighted by atomic mass is 32.1. The standard InChI is InChI=1S/C44H49F2N7O6S/c1-42(2,3)58-40(54)50-38-30(18-47)33-27(9-10-31(46)36(33)60-38)29-17-32-34(35-28(29)12-16-56-35)37(52-20-25-7-8-26(21-52)53(25)41(55)59-43(4,5)6)49-39(48-32)57-23-44(13-14-44)22-51-15-11-24(45)19-51/h9-10,12,16-17,24-26H,7-8,11,13-15,19-23H2,1-6H3,(H,50,54)/t24-,25?,26?/m1/s1. The smallest absolute Gasteiger partial charge is 0.412 e. The second kappa shape index (κ2) is 14.7. The zero-order valence-electron chi connectivity index (χ0n) is 34.7. The first-order chi connectivity index (χ1) is 28.5. The first kappa shape index (κ1) is 40.2. The highest BCUT2D eigenvalue weighted by Gasteiger charge is 2.47. The van der Waals surface area contributed by atoms with E-state index >= 15 is 4.39 Å². The Morgan fingerprint density at radius 1 is 1.00 bits per heavy atom. The van der Waals surface area contributed by atoms with Gasteiger partial charge in [0.15, 0.2) is 0 Å². The van der Waals surface area contributed by atoms with Crippen molar-refractivity contribution in [1.29, 1.82) is 5.26 Å². The van der Waals surface area contributed by atoms with Crippen molar-refractivity contribution >= 4 is 66.3 Å². The topological polar surface area (TPSA) is 146 Å². The maximum Gasteiger partial charge on any atom is 0.412 e. The molecule has 5 aromatic rings. The number of anilines is 2. The summed E-state index contributed by atoms with van der Waals surface area (Å²) in [5, 5.41) is 15.0. The van der Waals surface area contributed by atoms with Crippen LogP contribution in [-0.2, 0) is 9.47 Å². The molecule has 316 valence electrons. The molecular weight excluding hydrogens is 793 g/mol. The molecule has 4 fully saturated rings. The van der Waals surface area contributed by atoms with Gasteiger partial charge in [0.2, 0.25) is 0 Å². The summed E-state index contributed by atoms with van der Waals surface area (Å²) in [5.41, 5.74) is 0.755. The van der Waals surface area contributed by atoms with Crippen LogP contribution in [0.4, 0.5) is 29.2 Å². The van der Waals surface area contributed by atoms with Gasteiger partial charge in [-0.2, -0.15) is 15.2 Å². The summed E-state index contributed by atoms with van der Waals surface area (Å²) in [7, 11) is 0. The zero-order chi connectivity index (χ0) is 42.3. The summed E-state index contributed by atoms with van der Waals surface area (Å²) in [6.07, 6.45) is 3.80. The number of halogens is 2. The average molecular weight is 842 g/mol. The lowest BCUT2D eigenvalue weighted by Crippen LogP contribution is -2.57. The van der Waals surface area contributed by atoms with E-state index in [1.54, 1.807) is 33.1 Å². The molecule has 2 unspecified atom stereocenters. The maximum atomic E-state index is 15.6. The van der Waals surface area contributed by atoms with E-state index in [0.29, 0.717) is 76.9 Å². The van der Waals surface area contributed by atoms with Gasteiger partial charge in [0.25, 0.3) is 0 Å². The van der Waals surface area contributed by atoms with Crippen LogP contribution in [0.5, 0.6) is 6.01 Å². The molecule has 9 rings (SSSR count). The van der Waals surface area contributed by atoms with Crippen molar-refractivity contribution in [3.05, 3.63) is 41.9 Å². The summed E-state index contributed by atoms with van der Waals surface area (Å²) in [4.78, 5) is 42.6. The summed E-state index contributed by atoms with van der Waals surface area (Å²) in [6, 6.07) is 8.86. The predicted octanol–water partition coefficient (Wildman–Crippen LogP) is 9.41. The van der Waals surface area contributed by atoms with Crippen molar-refractivity contribution in [2.24, 2.45) is 5.41 Å². The SMILES string of the molecule is CC(C)(C)OC(=O)Nc1sc2c(F)ccc(-c3cc4nc(OCC5(CN6CC[C@@H](F)C6)CC5)nc(N5CC6CCC(C5)N6C(=O)OC(C)(C)C)c4c4occc34)c2c1C#N. The fourth-order valence-electron chi connectivity index (χ4n) is 9.03. The van der Waals surface area contributed by atoms with E-state index in [4.69, 9.17) is 28.6 Å². The molecule has 6 heterocycles. The number of ether oxygens (including phenoxy) is 3. The Bertz CT molecular complexity index is 2560. The molecule has 2 amide bonds. The highest BCUT2D eigenvalue weighted by molar-refractivity contribution is 7.23. The van der Waals surface area contributed by atoms with Crippen LogP contribution in [0.15, 0.2) is 34.9 Å². The van der Waals surface area contributed by atoms with Crippen molar-refractivity contribution in [1.82, 2.24) is 19.8 Å². The molecule has 1 N–H and O–H groups in total. The number of fused-ring (bicyclic) bond motifs is 6. The number of carbonyl (C=O) groups excluding carboxylic acids is 2. The number of piperazine rings is 1. The van der Waals surface area contributed by atoms with Gasteiger partial charge >= 0.3 is 18.2 Å². The number of carbonyl (C=O) groups is 2. The molecule has 60 heavy (non-hydrogen) atoms. The number of alkyl halides is 1. The second-order valence-corrected chi connectivity index (χ2v) is 19.8. The van der Waals surface area contributed by atoms with Crippen LogP contribution in [0, 0.1) is 22.6 Å².